The Morgan fingerprint density at radius 1 is 0.774 bits per heavy atom. The van der Waals surface area contributed by atoms with Crippen LogP contribution in [0, 0.1) is 0 Å². The van der Waals surface area contributed by atoms with Crippen LogP contribution in [0.2, 0.25) is 0 Å². The predicted octanol–water partition coefficient (Wildman–Crippen LogP) is 6.75. The number of hydrogen-bond donors (Lipinski definition) is 0. The Bertz CT molecular complexity index is 1630. The van der Waals surface area contributed by atoms with Crippen molar-refractivity contribution in [3.05, 3.63) is 84.7 Å². The largest absolute Gasteiger partial charge is 0.437 e. The van der Waals surface area contributed by atoms with Crippen molar-refractivity contribution in [3.8, 4) is 11.3 Å². The van der Waals surface area contributed by atoms with E-state index in [9.17, 15) is 0 Å². The fourth-order valence-corrected chi connectivity index (χ4v) is 4.43. The minimum atomic E-state index is -0.405. The van der Waals surface area contributed by atoms with E-state index in [2.05, 4.69) is 59.6 Å². The van der Waals surface area contributed by atoms with Crippen molar-refractivity contribution in [3.63, 3.8) is 0 Å². The average molecular weight is 398 g/mol. The Labute approximate surface area is 181 Å². The van der Waals surface area contributed by atoms with Crippen molar-refractivity contribution in [2.24, 2.45) is 0 Å². The van der Waals surface area contributed by atoms with E-state index in [-0.39, 0.29) is 0 Å². The number of rotatable bonds is 2. The first-order chi connectivity index (χ1) is 15.0. The van der Waals surface area contributed by atoms with Crippen molar-refractivity contribution < 1.29 is 4.42 Å². The molecule has 3 aromatic carbocycles. The Kier molecular flexibility index (Phi) is 3.76. The maximum Gasteiger partial charge on any atom is 0.227 e. The first-order valence-electron chi connectivity index (χ1n) is 10.4. The van der Waals surface area contributed by atoms with Crippen molar-refractivity contribution in [2.75, 3.05) is 0 Å². The van der Waals surface area contributed by atoms with Crippen molar-refractivity contribution in [1.29, 1.82) is 0 Å². The molecular weight excluding hydrogens is 379 g/mol. The van der Waals surface area contributed by atoms with Gasteiger partial charge in [0.1, 0.15) is 5.58 Å². The van der Waals surface area contributed by atoms with Crippen LogP contribution < -0.4 is 0 Å². The second-order valence-corrected chi connectivity index (χ2v) is 8.62. The highest BCUT2D eigenvalue weighted by Crippen LogP contribution is 2.41. The summed E-state index contributed by atoms with van der Waals surface area (Å²) in [4.78, 5) is 9.24. The zero-order valence-electron chi connectivity index (χ0n) is 17.4. The van der Waals surface area contributed by atoms with Crippen molar-refractivity contribution in [1.82, 2.24) is 9.97 Å². The van der Waals surface area contributed by atoms with Crippen LogP contribution in [0.3, 0.4) is 0 Å². The second-order valence-electron chi connectivity index (χ2n) is 8.62. The molecule has 31 heavy (non-hydrogen) atoms. The van der Waals surface area contributed by atoms with E-state index in [4.69, 9.17) is 17.2 Å². The van der Waals surface area contributed by atoms with Crippen molar-refractivity contribution >= 4 is 51.5 Å². The second kappa shape index (κ2) is 6.42. The zero-order chi connectivity index (χ0) is 21.2. The molecule has 0 aliphatic carbocycles. The van der Waals surface area contributed by atoms with E-state index in [1.54, 1.807) is 6.20 Å². The molecule has 4 heteroatoms. The summed E-state index contributed by atoms with van der Waals surface area (Å²) in [5.41, 5.74) is 4.41. The molecule has 3 nitrogen and oxygen atoms in total. The molecule has 6 rings (SSSR count). The lowest BCUT2D eigenvalue weighted by molar-refractivity contribution is 0.655. The molecule has 0 bridgehead atoms. The van der Waals surface area contributed by atoms with E-state index in [1.165, 1.54) is 0 Å². The van der Waals surface area contributed by atoms with Crippen LogP contribution in [0.1, 0.15) is 19.4 Å². The molecule has 3 heterocycles. The van der Waals surface area contributed by atoms with Gasteiger partial charge in [0.05, 0.1) is 13.5 Å². The van der Waals surface area contributed by atoms with Crippen LogP contribution in [0.15, 0.2) is 83.5 Å². The molecule has 146 valence electrons. The van der Waals surface area contributed by atoms with Crippen molar-refractivity contribution in [2.45, 2.75) is 19.2 Å². The molecular formula is C27H19BN2O. The van der Waals surface area contributed by atoms with E-state index in [0.29, 0.717) is 5.71 Å². The van der Waals surface area contributed by atoms with Gasteiger partial charge in [0.15, 0.2) is 0 Å². The Morgan fingerprint density at radius 3 is 2.45 bits per heavy atom. The molecule has 0 atom stereocenters. The average Bonchev–Trinajstić information content (AvgIpc) is 3.17. The fourth-order valence-electron chi connectivity index (χ4n) is 4.43. The normalized spacial score (nSPS) is 12.3. The number of hydrogen-bond acceptors (Lipinski definition) is 3. The maximum absolute atomic E-state index is 6.34. The number of benzene rings is 3. The molecule has 0 spiro atoms. The number of pyridine rings is 2. The van der Waals surface area contributed by atoms with Gasteiger partial charge >= 0.3 is 0 Å². The third-order valence-corrected chi connectivity index (χ3v) is 6.00. The summed E-state index contributed by atoms with van der Waals surface area (Å²) in [5, 5.41) is 6.17. The minimum Gasteiger partial charge on any atom is -0.437 e. The van der Waals surface area contributed by atoms with Crippen LogP contribution in [0.5, 0.6) is 0 Å². The third kappa shape index (κ3) is 2.75. The minimum absolute atomic E-state index is 0.405. The molecule has 0 aliphatic rings. The molecule has 0 aliphatic heterocycles. The molecule has 6 aromatic rings. The highest BCUT2D eigenvalue weighted by Gasteiger charge is 2.19. The fraction of sp³-hybridized carbons (Fsp3) is 0.111. The van der Waals surface area contributed by atoms with Gasteiger partial charge in [-0.3, -0.25) is 4.98 Å². The van der Waals surface area contributed by atoms with E-state index in [0.717, 1.165) is 54.7 Å². The first kappa shape index (κ1) is 18.1. The number of fused-ring (bicyclic) bond motifs is 6. The number of furan rings is 1. The molecule has 0 fully saturated rings. The van der Waals surface area contributed by atoms with Crippen LogP contribution in [-0.4, -0.2) is 17.8 Å². The summed E-state index contributed by atoms with van der Waals surface area (Å²) in [6.07, 6.45) is 3.62. The van der Waals surface area contributed by atoms with Crippen LogP contribution in [-0.2, 0) is 5.31 Å². The summed E-state index contributed by atoms with van der Waals surface area (Å²) < 4.78 is 6.30. The lowest BCUT2D eigenvalue weighted by Crippen LogP contribution is -2.16. The molecule has 3 aromatic heterocycles. The Balaban J connectivity index is 1.74. The molecule has 0 unspecified atom stereocenters. The number of nitrogens with zero attached hydrogens (tertiary/aromatic N) is 2. The summed E-state index contributed by atoms with van der Waals surface area (Å²) in [7, 11) is 6.34. The lowest BCUT2D eigenvalue weighted by atomic mass is 9.67. The monoisotopic (exact) mass is 398 g/mol. The Hall–Kier alpha value is -3.66. The van der Waals surface area contributed by atoms with Gasteiger partial charge < -0.3 is 4.42 Å². The van der Waals surface area contributed by atoms with Gasteiger partial charge in [-0.2, -0.15) is 0 Å². The van der Waals surface area contributed by atoms with Crippen LogP contribution in [0.25, 0.3) is 54.9 Å². The quantitative estimate of drug-likeness (QED) is 0.303. The zero-order valence-corrected chi connectivity index (χ0v) is 17.4. The molecule has 0 N–H and O–H groups in total. The standard InChI is InChI=1S/C27H19BN2O/c1-27(2,28)18-9-10-20-17(14-18)11-13-29-24(20)22-15-16-6-3-4-7-19(16)23-21-8-5-12-30-26(21)31-25(22)23/h3-15H,1-2H3. The molecule has 0 saturated heterocycles. The number of aromatic nitrogens is 2. The smallest absolute Gasteiger partial charge is 0.227 e. The summed E-state index contributed by atoms with van der Waals surface area (Å²) in [5.74, 6) is 0. The van der Waals surface area contributed by atoms with Gasteiger partial charge in [-0.25, -0.2) is 4.98 Å². The predicted molar refractivity (Wildman–Crippen MR) is 129 cm³/mol. The molecule has 0 saturated carbocycles. The van der Waals surface area contributed by atoms with Gasteiger partial charge in [-0.05, 0) is 45.7 Å². The molecule has 2 radical (unpaired) electrons. The summed E-state index contributed by atoms with van der Waals surface area (Å²) >= 11 is 0. The van der Waals surface area contributed by atoms with Gasteiger partial charge in [0, 0.05) is 34.1 Å². The molecule has 0 amide bonds. The van der Waals surface area contributed by atoms with E-state index in [1.807, 2.05) is 32.2 Å². The van der Waals surface area contributed by atoms with Crippen LogP contribution >= 0.6 is 0 Å². The van der Waals surface area contributed by atoms with Gasteiger partial charge in [-0.15, -0.1) is 0 Å². The summed E-state index contributed by atoms with van der Waals surface area (Å²) in [6.45, 7) is 4.04. The topological polar surface area (TPSA) is 38.9 Å². The van der Waals surface area contributed by atoms with E-state index >= 15 is 0 Å². The highest BCUT2D eigenvalue weighted by molar-refractivity contribution is 6.22. The van der Waals surface area contributed by atoms with Gasteiger partial charge in [0.2, 0.25) is 5.71 Å². The Morgan fingerprint density at radius 2 is 1.58 bits per heavy atom. The SMILES string of the molecule is [B]C(C)(C)c1ccc2c(-c3cc4ccccc4c4c3oc3ncccc34)nccc2c1. The van der Waals surface area contributed by atoms with Gasteiger partial charge in [-0.1, -0.05) is 61.9 Å². The van der Waals surface area contributed by atoms with E-state index < -0.39 is 5.31 Å². The first-order valence-corrected chi connectivity index (χ1v) is 10.4. The highest BCUT2D eigenvalue weighted by atomic mass is 16.3. The van der Waals surface area contributed by atoms with Crippen LogP contribution in [0.4, 0.5) is 0 Å². The lowest BCUT2D eigenvalue weighted by Gasteiger charge is -2.20. The van der Waals surface area contributed by atoms with Gasteiger partial charge in [0.25, 0.3) is 0 Å². The third-order valence-electron chi connectivity index (χ3n) is 6.00. The maximum atomic E-state index is 6.34. The summed E-state index contributed by atoms with van der Waals surface area (Å²) in [6, 6.07) is 23.0.